The van der Waals surface area contributed by atoms with Gasteiger partial charge in [-0.1, -0.05) is 6.92 Å². The van der Waals surface area contributed by atoms with E-state index in [2.05, 4.69) is 20.8 Å². The lowest BCUT2D eigenvalue weighted by Gasteiger charge is -2.08. The van der Waals surface area contributed by atoms with E-state index >= 15 is 0 Å². The third-order valence-corrected chi connectivity index (χ3v) is 3.36. The van der Waals surface area contributed by atoms with Gasteiger partial charge in [0.15, 0.2) is 6.04 Å². The van der Waals surface area contributed by atoms with E-state index in [4.69, 9.17) is 5.11 Å². The van der Waals surface area contributed by atoms with Crippen molar-refractivity contribution in [3.05, 3.63) is 0 Å². The van der Waals surface area contributed by atoms with Crippen molar-refractivity contribution in [2.75, 3.05) is 0 Å². The molecular weight excluding hydrogens is 186 g/mol. The smallest absolute Gasteiger partial charge is 0.327 e. The Labute approximate surface area is 83.6 Å². The molecule has 0 aromatic carbocycles. The molecule has 0 radical (unpaired) electrons. The first kappa shape index (κ1) is 10.9. The first-order valence-corrected chi connectivity index (χ1v) is 5.45. The third-order valence-electron chi connectivity index (χ3n) is 1.99. The Kier molecular flexibility index (Phi) is 2.92. The molecule has 1 heterocycles. The van der Waals surface area contributed by atoms with E-state index in [1.54, 1.807) is 0 Å². The lowest BCUT2D eigenvalue weighted by Crippen LogP contribution is -2.24. The van der Waals surface area contributed by atoms with Crippen molar-refractivity contribution in [2.24, 2.45) is 0 Å². The van der Waals surface area contributed by atoms with Gasteiger partial charge in [0.05, 0.1) is 18.0 Å². The van der Waals surface area contributed by atoms with Crippen LogP contribution >= 0.6 is 0 Å². The quantitative estimate of drug-likeness (QED) is 0.424. The van der Waals surface area contributed by atoms with E-state index in [-0.39, 0.29) is 16.8 Å². The predicted molar refractivity (Wildman–Crippen MR) is 55.9 cm³/mol. The molecule has 0 saturated carbocycles. The highest BCUT2D eigenvalue weighted by Gasteiger charge is 2.59. The molecule has 76 valence electrons. The van der Waals surface area contributed by atoms with Crippen molar-refractivity contribution in [1.29, 1.82) is 0 Å². The molecule has 13 heavy (non-hydrogen) atoms. The average molecular weight is 204 g/mol. The van der Waals surface area contributed by atoms with Crippen LogP contribution in [0, 0.1) is 0 Å². The van der Waals surface area contributed by atoms with Crippen molar-refractivity contribution in [3.63, 3.8) is 0 Å². The lowest BCUT2D eigenvalue weighted by molar-refractivity contribution is -0.136. The third kappa shape index (κ3) is 2.61. The maximum atomic E-state index is 10.8. The van der Waals surface area contributed by atoms with E-state index in [0.29, 0.717) is 0 Å². The largest absolute Gasteiger partial charge is 0.480 e. The summed E-state index contributed by atoms with van der Waals surface area (Å²) in [5, 5.41) is 8.88. The van der Waals surface area contributed by atoms with Crippen LogP contribution in [-0.2, 0) is 16.7 Å². The zero-order valence-electron chi connectivity index (χ0n) is 8.61. The summed E-state index contributed by atoms with van der Waals surface area (Å²) < 4.78 is 2.21. The van der Waals surface area contributed by atoms with Crippen LogP contribution in [0.15, 0.2) is 0 Å². The summed E-state index contributed by atoms with van der Waals surface area (Å²) >= 11 is 1.13. The highest BCUT2D eigenvalue weighted by molar-refractivity contribution is 7.77. The van der Waals surface area contributed by atoms with Gasteiger partial charge in [-0.05, 0) is 27.2 Å². The molecule has 0 spiro atoms. The Bertz CT molecular complexity index is 212. The van der Waals surface area contributed by atoms with Gasteiger partial charge in [0, 0.05) is 0 Å². The van der Waals surface area contributed by atoms with E-state index in [1.165, 1.54) is 0 Å². The fourth-order valence-corrected chi connectivity index (χ4v) is 2.89. The van der Waals surface area contributed by atoms with Gasteiger partial charge in [0.25, 0.3) is 0 Å². The minimum absolute atomic E-state index is 0.164. The minimum Gasteiger partial charge on any atom is -0.480 e. The standard InChI is InChI=1S/C9H17NO2S/c1-5-6-7(8(11)12)10(6)13-9(2,3)4/h6-7H,5H2,1-4H3,(H,11,12)/p+1/t6-,7-,10?/m1/s1. The van der Waals surface area contributed by atoms with E-state index in [1.807, 2.05) is 11.2 Å². The first-order valence-electron chi connectivity index (χ1n) is 4.61. The fourth-order valence-electron chi connectivity index (χ4n) is 1.44. The van der Waals surface area contributed by atoms with Gasteiger partial charge in [-0.25, -0.2) is 0 Å². The zero-order chi connectivity index (χ0) is 10.2. The van der Waals surface area contributed by atoms with Gasteiger partial charge in [-0.15, -0.1) is 4.31 Å². The summed E-state index contributed by atoms with van der Waals surface area (Å²) in [5.74, 6) is -0.677. The summed E-state index contributed by atoms with van der Waals surface area (Å²) in [6, 6.07) is 0.0317. The molecule has 1 rings (SSSR count). The van der Waals surface area contributed by atoms with Gasteiger partial charge < -0.3 is 5.11 Å². The Morgan fingerprint density at radius 1 is 1.54 bits per heavy atom. The predicted octanol–water partition coefficient (Wildman–Crippen LogP) is 1.06. The van der Waals surface area contributed by atoms with Gasteiger partial charge in [-0.2, -0.15) is 0 Å². The molecule has 0 aliphatic carbocycles. The number of carbonyl (C=O) groups is 1. The first-order chi connectivity index (χ1) is 5.87. The molecule has 1 saturated heterocycles. The molecule has 0 aromatic rings. The van der Waals surface area contributed by atoms with Gasteiger partial charge in [0.1, 0.15) is 4.75 Å². The molecule has 1 aliphatic heterocycles. The SMILES string of the molecule is CC[C@@H]1[C@H](C(=O)O)N1[SH+]C(C)(C)C. The van der Waals surface area contributed by atoms with Crippen LogP contribution < -0.4 is 0 Å². The van der Waals surface area contributed by atoms with Crippen molar-refractivity contribution in [3.8, 4) is 0 Å². The second-order valence-electron chi connectivity index (χ2n) is 4.41. The van der Waals surface area contributed by atoms with Crippen molar-refractivity contribution < 1.29 is 9.90 Å². The molecule has 1 N–H and O–H groups in total. The second-order valence-corrected chi connectivity index (χ2v) is 6.41. The molecule has 0 bridgehead atoms. The molecule has 3 nitrogen and oxygen atoms in total. The lowest BCUT2D eigenvalue weighted by atomic mass is 10.3. The number of nitrogens with zero attached hydrogens (tertiary/aromatic N) is 1. The molecule has 0 aromatic heterocycles. The van der Waals surface area contributed by atoms with Crippen molar-refractivity contribution in [2.45, 2.75) is 50.9 Å². The highest BCUT2D eigenvalue weighted by Crippen LogP contribution is 2.34. The number of rotatable bonds is 3. The Balaban J connectivity index is 2.50. The Morgan fingerprint density at radius 2 is 2.08 bits per heavy atom. The van der Waals surface area contributed by atoms with Crippen LogP contribution in [0.1, 0.15) is 34.1 Å². The maximum absolute atomic E-state index is 10.8. The summed E-state index contributed by atoms with van der Waals surface area (Å²) in [7, 11) is 0. The van der Waals surface area contributed by atoms with Gasteiger partial charge in [-0.3, -0.25) is 4.79 Å². The van der Waals surface area contributed by atoms with Crippen molar-refractivity contribution >= 4 is 17.9 Å². The number of aliphatic carboxylic acids is 1. The monoisotopic (exact) mass is 204 g/mol. The molecule has 1 unspecified atom stereocenters. The molecule has 3 atom stereocenters. The number of thiol groups is 1. The maximum Gasteiger partial charge on any atom is 0.327 e. The molecule has 4 heteroatoms. The number of carboxylic acid groups (broad SMARTS) is 1. The summed E-state index contributed by atoms with van der Waals surface area (Å²) in [6.07, 6.45) is 0.931. The van der Waals surface area contributed by atoms with Crippen LogP contribution in [0.2, 0.25) is 0 Å². The molecular formula is C9H18NO2S+. The van der Waals surface area contributed by atoms with Crippen LogP contribution in [0.4, 0.5) is 0 Å². The summed E-state index contributed by atoms with van der Waals surface area (Å²) in [5.41, 5.74) is 0. The van der Waals surface area contributed by atoms with Crippen LogP contribution in [0.5, 0.6) is 0 Å². The average Bonchev–Trinajstić information content (AvgIpc) is 2.58. The number of hydrogen-bond acceptors (Lipinski definition) is 2. The molecule has 1 fully saturated rings. The fraction of sp³-hybridized carbons (Fsp3) is 0.889. The zero-order valence-corrected chi connectivity index (χ0v) is 9.51. The second kappa shape index (κ2) is 3.50. The van der Waals surface area contributed by atoms with E-state index < -0.39 is 5.97 Å². The van der Waals surface area contributed by atoms with Crippen LogP contribution in [-0.4, -0.2) is 32.2 Å². The number of hydrogen-bond donors (Lipinski definition) is 1. The molecule has 1 aliphatic rings. The Hall–Kier alpha value is -0.220. The van der Waals surface area contributed by atoms with E-state index in [9.17, 15) is 4.79 Å². The minimum atomic E-state index is -0.677. The summed E-state index contributed by atoms with van der Waals surface area (Å²) in [6.45, 7) is 8.41. The highest BCUT2D eigenvalue weighted by atomic mass is 32.2. The normalized spacial score (nSPS) is 33.1. The topological polar surface area (TPSA) is 40.3 Å². The van der Waals surface area contributed by atoms with Crippen molar-refractivity contribution in [1.82, 2.24) is 4.31 Å². The van der Waals surface area contributed by atoms with Crippen LogP contribution in [0.25, 0.3) is 0 Å². The number of carboxylic acids is 1. The molecule has 0 amide bonds. The summed E-state index contributed by atoms with van der Waals surface area (Å²) in [4.78, 5) is 10.8. The van der Waals surface area contributed by atoms with Gasteiger partial charge in [0.2, 0.25) is 0 Å². The van der Waals surface area contributed by atoms with Gasteiger partial charge >= 0.3 is 5.97 Å². The Morgan fingerprint density at radius 3 is 2.31 bits per heavy atom. The van der Waals surface area contributed by atoms with E-state index in [0.717, 1.165) is 18.4 Å². The van der Waals surface area contributed by atoms with Crippen LogP contribution in [0.3, 0.4) is 0 Å².